The van der Waals surface area contributed by atoms with Crippen LogP contribution in [0, 0.1) is 0 Å². The van der Waals surface area contributed by atoms with Gasteiger partial charge in [0.2, 0.25) is 5.91 Å². The maximum absolute atomic E-state index is 13.8. The van der Waals surface area contributed by atoms with Crippen molar-refractivity contribution in [2.75, 3.05) is 38.2 Å². The largest absolute Gasteiger partial charge is 0.495 e. The first-order valence-corrected chi connectivity index (χ1v) is 12.7. The van der Waals surface area contributed by atoms with Gasteiger partial charge in [0.05, 0.1) is 18.8 Å². The molecule has 4 aromatic rings. The molecule has 0 spiro atoms. The van der Waals surface area contributed by atoms with Crippen LogP contribution in [0.2, 0.25) is 0 Å². The standard InChI is InChI=1S/C30H30N4O3/c1-20(29(35)33-17-15-32(16-18-33)26-13-7-8-14-27(26)37-2)34-28(22-10-3-4-11-23(22)30(34)36)24-19-31-25-12-6-5-9-21(24)25/h3-14,19-20,28,31H,15-18H2,1-2H3. The summed E-state index contributed by atoms with van der Waals surface area (Å²) in [5, 5.41) is 1.06. The summed E-state index contributed by atoms with van der Waals surface area (Å²) in [7, 11) is 1.68. The molecule has 2 aliphatic rings. The van der Waals surface area contributed by atoms with Gasteiger partial charge in [-0.25, -0.2) is 0 Å². The summed E-state index contributed by atoms with van der Waals surface area (Å²) in [6.07, 6.45) is 1.97. The molecule has 2 aliphatic heterocycles. The zero-order valence-electron chi connectivity index (χ0n) is 21.1. The number of nitrogens with one attached hydrogen (secondary N) is 1. The van der Waals surface area contributed by atoms with Crippen LogP contribution in [0.5, 0.6) is 5.75 Å². The Kier molecular flexibility index (Phi) is 5.83. The molecule has 37 heavy (non-hydrogen) atoms. The summed E-state index contributed by atoms with van der Waals surface area (Å²) in [5.41, 5.74) is 4.67. The van der Waals surface area contributed by atoms with Crippen LogP contribution < -0.4 is 9.64 Å². The second-order valence-corrected chi connectivity index (χ2v) is 9.65. The summed E-state index contributed by atoms with van der Waals surface area (Å²) >= 11 is 0. The number of amides is 2. The number of benzene rings is 3. The molecule has 0 radical (unpaired) electrons. The molecule has 1 saturated heterocycles. The van der Waals surface area contributed by atoms with Gasteiger partial charge in [0.15, 0.2) is 0 Å². The molecule has 0 bridgehead atoms. The third-order valence-corrected chi connectivity index (χ3v) is 7.71. The Hall–Kier alpha value is -4.26. The zero-order valence-corrected chi connectivity index (χ0v) is 21.1. The number of anilines is 1. The van der Waals surface area contributed by atoms with E-state index >= 15 is 0 Å². The highest BCUT2D eigenvalue weighted by atomic mass is 16.5. The third kappa shape index (κ3) is 3.82. The molecule has 188 valence electrons. The number of carbonyl (C=O) groups is 2. The number of para-hydroxylation sites is 3. The minimum atomic E-state index is -0.601. The predicted molar refractivity (Wildman–Crippen MR) is 144 cm³/mol. The average Bonchev–Trinajstić information content (AvgIpc) is 3.51. The predicted octanol–water partition coefficient (Wildman–Crippen LogP) is 4.46. The van der Waals surface area contributed by atoms with Crippen molar-refractivity contribution in [3.8, 4) is 5.75 Å². The van der Waals surface area contributed by atoms with Crippen molar-refractivity contribution in [1.29, 1.82) is 0 Å². The maximum Gasteiger partial charge on any atom is 0.255 e. The van der Waals surface area contributed by atoms with E-state index in [0.717, 1.165) is 33.5 Å². The first-order chi connectivity index (χ1) is 18.1. The zero-order chi connectivity index (χ0) is 25.5. The van der Waals surface area contributed by atoms with Crippen LogP contribution in [0.15, 0.2) is 79.0 Å². The number of hydrogen-bond acceptors (Lipinski definition) is 4. The molecule has 2 amide bonds. The summed E-state index contributed by atoms with van der Waals surface area (Å²) in [6.45, 7) is 4.46. The normalized spacial score (nSPS) is 18.3. The number of fused-ring (bicyclic) bond motifs is 2. The minimum absolute atomic E-state index is 0.0225. The van der Waals surface area contributed by atoms with Crippen molar-refractivity contribution in [3.63, 3.8) is 0 Å². The minimum Gasteiger partial charge on any atom is -0.495 e. The van der Waals surface area contributed by atoms with Crippen molar-refractivity contribution in [1.82, 2.24) is 14.8 Å². The third-order valence-electron chi connectivity index (χ3n) is 7.71. The summed E-state index contributed by atoms with van der Waals surface area (Å²) in [4.78, 5) is 36.8. The van der Waals surface area contributed by atoms with Gasteiger partial charge >= 0.3 is 0 Å². The Bertz CT molecular complexity index is 1470. The van der Waals surface area contributed by atoms with Gasteiger partial charge in [-0.3, -0.25) is 9.59 Å². The summed E-state index contributed by atoms with van der Waals surface area (Å²) in [6, 6.07) is 22.8. The number of rotatable bonds is 5. The van der Waals surface area contributed by atoms with Crippen LogP contribution in [-0.4, -0.2) is 65.9 Å². The average molecular weight is 495 g/mol. The number of H-pyrrole nitrogens is 1. The number of aromatic nitrogens is 1. The van der Waals surface area contributed by atoms with E-state index in [-0.39, 0.29) is 17.9 Å². The van der Waals surface area contributed by atoms with Crippen LogP contribution >= 0.6 is 0 Å². The Balaban J connectivity index is 1.27. The number of carbonyl (C=O) groups excluding carboxylic acids is 2. The Morgan fingerprint density at radius 3 is 2.43 bits per heavy atom. The van der Waals surface area contributed by atoms with Crippen molar-refractivity contribution < 1.29 is 14.3 Å². The molecule has 3 aromatic carbocycles. The number of ether oxygens (including phenoxy) is 1. The highest BCUT2D eigenvalue weighted by Gasteiger charge is 2.44. The van der Waals surface area contributed by atoms with E-state index in [1.54, 1.807) is 12.0 Å². The molecule has 1 aromatic heterocycles. The number of piperazine rings is 1. The lowest BCUT2D eigenvalue weighted by atomic mass is 9.97. The molecule has 0 aliphatic carbocycles. The smallest absolute Gasteiger partial charge is 0.255 e. The quantitative estimate of drug-likeness (QED) is 0.445. The molecule has 2 atom stereocenters. The molecular weight excluding hydrogens is 464 g/mol. The van der Waals surface area contributed by atoms with Crippen LogP contribution in [0.25, 0.3) is 10.9 Å². The molecular formula is C30H30N4O3. The van der Waals surface area contributed by atoms with E-state index < -0.39 is 6.04 Å². The number of aromatic amines is 1. The number of nitrogens with zero attached hydrogens (tertiary/aromatic N) is 3. The maximum atomic E-state index is 13.8. The fourth-order valence-electron chi connectivity index (χ4n) is 5.82. The number of methoxy groups -OCH3 is 1. The van der Waals surface area contributed by atoms with Crippen LogP contribution in [0.1, 0.15) is 34.5 Å². The van der Waals surface area contributed by atoms with E-state index in [1.807, 2.05) is 84.8 Å². The molecule has 2 unspecified atom stereocenters. The van der Waals surface area contributed by atoms with Crippen molar-refractivity contribution in [2.45, 2.75) is 19.0 Å². The fourth-order valence-corrected chi connectivity index (χ4v) is 5.82. The Morgan fingerprint density at radius 2 is 1.62 bits per heavy atom. The lowest BCUT2D eigenvalue weighted by Gasteiger charge is -2.39. The van der Waals surface area contributed by atoms with Gasteiger partial charge < -0.3 is 24.4 Å². The van der Waals surface area contributed by atoms with E-state index in [9.17, 15) is 9.59 Å². The monoisotopic (exact) mass is 494 g/mol. The van der Waals surface area contributed by atoms with Gasteiger partial charge in [-0.05, 0) is 36.8 Å². The van der Waals surface area contributed by atoms with Gasteiger partial charge in [-0.2, -0.15) is 0 Å². The molecule has 7 nitrogen and oxygen atoms in total. The van der Waals surface area contributed by atoms with E-state index in [1.165, 1.54) is 0 Å². The van der Waals surface area contributed by atoms with Gasteiger partial charge in [0, 0.05) is 54.4 Å². The topological polar surface area (TPSA) is 68.9 Å². The molecule has 3 heterocycles. The van der Waals surface area contributed by atoms with Crippen molar-refractivity contribution >= 4 is 28.4 Å². The van der Waals surface area contributed by atoms with Crippen molar-refractivity contribution in [2.24, 2.45) is 0 Å². The fraction of sp³-hybridized carbons (Fsp3) is 0.267. The van der Waals surface area contributed by atoms with Crippen LogP contribution in [0.4, 0.5) is 5.69 Å². The molecule has 6 rings (SSSR count). The lowest BCUT2D eigenvalue weighted by Crippen LogP contribution is -2.55. The first kappa shape index (κ1) is 23.2. The van der Waals surface area contributed by atoms with Crippen molar-refractivity contribution in [3.05, 3.63) is 95.7 Å². The summed E-state index contributed by atoms with van der Waals surface area (Å²) < 4.78 is 5.53. The highest BCUT2D eigenvalue weighted by molar-refractivity contribution is 6.03. The van der Waals surface area contributed by atoms with Crippen LogP contribution in [-0.2, 0) is 4.79 Å². The lowest BCUT2D eigenvalue weighted by molar-refractivity contribution is -0.136. The molecule has 1 fully saturated rings. The van der Waals surface area contributed by atoms with Gasteiger partial charge in [-0.15, -0.1) is 0 Å². The van der Waals surface area contributed by atoms with Gasteiger partial charge in [0.1, 0.15) is 11.8 Å². The summed E-state index contributed by atoms with van der Waals surface area (Å²) in [5.74, 6) is 0.711. The second kappa shape index (κ2) is 9.32. The van der Waals surface area contributed by atoms with Gasteiger partial charge in [-0.1, -0.05) is 48.5 Å². The number of hydrogen-bond donors (Lipinski definition) is 1. The second-order valence-electron chi connectivity index (χ2n) is 9.65. The molecule has 1 N–H and O–H groups in total. The van der Waals surface area contributed by atoms with E-state index in [4.69, 9.17) is 4.74 Å². The molecule has 7 heteroatoms. The van der Waals surface area contributed by atoms with E-state index in [2.05, 4.69) is 16.0 Å². The van der Waals surface area contributed by atoms with Gasteiger partial charge in [0.25, 0.3) is 5.91 Å². The SMILES string of the molecule is COc1ccccc1N1CCN(C(=O)C(C)N2C(=O)c3ccccc3C2c2c[nH]c3ccccc23)CC1. The Morgan fingerprint density at radius 1 is 0.919 bits per heavy atom. The van der Waals surface area contributed by atoms with Crippen LogP contribution in [0.3, 0.4) is 0 Å². The Labute approximate surface area is 216 Å². The first-order valence-electron chi connectivity index (χ1n) is 12.7. The molecule has 0 saturated carbocycles. The van der Waals surface area contributed by atoms with E-state index in [0.29, 0.717) is 31.7 Å². The highest BCUT2D eigenvalue weighted by Crippen LogP contribution is 2.42.